The lowest BCUT2D eigenvalue weighted by Crippen LogP contribution is -2.53. The van der Waals surface area contributed by atoms with Crippen LogP contribution in [0.2, 0.25) is 0 Å². The second kappa shape index (κ2) is 13.6. The van der Waals surface area contributed by atoms with Crippen LogP contribution in [0.5, 0.6) is 5.75 Å². The fourth-order valence-electron chi connectivity index (χ4n) is 4.06. The Morgan fingerprint density at radius 2 is 1.51 bits per heavy atom. The molecule has 0 fully saturated rings. The van der Waals surface area contributed by atoms with E-state index in [1.165, 1.54) is 5.56 Å². The highest BCUT2D eigenvalue weighted by molar-refractivity contribution is 5.88. The van der Waals surface area contributed by atoms with E-state index in [1.54, 1.807) is 4.90 Å². The van der Waals surface area contributed by atoms with E-state index >= 15 is 0 Å². The predicted molar refractivity (Wildman–Crippen MR) is 150 cm³/mol. The van der Waals surface area contributed by atoms with Crippen molar-refractivity contribution < 1.29 is 14.3 Å². The second-order valence-electron chi connectivity index (χ2n) is 10.0. The van der Waals surface area contributed by atoms with Gasteiger partial charge in [-0.05, 0) is 55.0 Å². The van der Waals surface area contributed by atoms with Crippen LogP contribution in [-0.2, 0) is 22.6 Å². The molecule has 196 valence electrons. The van der Waals surface area contributed by atoms with Crippen molar-refractivity contribution in [1.29, 1.82) is 0 Å². The summed E-state index contributed by atoms with van der Waals surface area (Å²) in [4.78, 5) is 28.9. The van der Waals surface area contributed by atoms with Gasteiger partial charge in [0.25, 0.3) is 5.91 Å². The van der Waals surface area contributed by atoms with Crippen LogP contribution in [0.4, 0.5) is 0 Å². The maximum Gasteiger partial charge on any atom is 0.261 e. The summed E-state index contributed by atoms with van der Waals surface area (Å²) in [7, 11) is 0. The SMILES string of the molecule is CCC(C)NC(=O)C(Cc1ccccc1)N(Cc1ccc(C)cc1)C(=O)COc1ccc(C(C)C)cc1. The molecule has 3 rings (SSSR count). The first-order valence-electron chi connectivity index (χ1n) is 13.2. The standard InChI is InChI=1S/C32H40N2O3/c1-6-25(5)33-32(36)30(20-26-10-8-7-9-11-26)34(21-27-14-12-24(4)13-15-27)31(35)22-37-29-18-16-28(17-19-29)23(2)3/h7-19,23,25,30H,6,20-22H2,1-5H3,(H,33,36). The van der Waals surface area contributed by atoms with Gasteiger partial charge in [-0.2, -0.15) is 0 Å². The third-order valence-corrected chi connectivity index (χ3v) is 6.65. The van der Waals surface area contributed by atoms with E-state index < -0.39 is 6.04 Å². The van der Waals surface area contributed by atoms with Gasteiger partial charge in [0.2, 0.25) is 5.91 Å². The van der Waals surface area contributed by atoms with Crippen molar-refractivity contribution in [3.63, 3.8) is 0 Å². The van der Waals surface area contributed by atoms with Gasteiger partial charge in [-0.3, -0.25) is 9.59 Å². The summed E-state index contributed by atoms with van der Waals surface area (Å²) in [6.07, 6.45) is 1.23. The first kappa shape index (κ1) is 28.0. The Balaban J connectivity index is 1.88. The molecule has 37 heavy (non-hydrogen) atoms. The average molecular weight is 501 g/mol. The number of hydrogen-bond acceptors (Lipinski definition) is 3. The van der Waals surface area contributed by atoms with Crippen molar-refractivity contribution in [2.75, 3.05) is 6.61 Å². The Morgan fingerprint density at radius 1 is 0.865 bits per heavy atom. The van der Waals surface area contributed by atoms with Gasteiger partial charge >= 0.3 is 0 Å². The predicted octanol–water partition coefficient (Wildman–Crippen LogP) is 6.05. The summed E-state index contributed by atoms with van der Waals surface area (Å²) < 4.78 is 5.90. The molecule has 0 saturated carbocycles. The molecule has 5 heteroatoms. The van der Waals surface area contributed by atoms with Gasteiger partial charge in [-0.1, -0.05) is 93.1 Å². The fourth-order valence-corrected chi connectivity index (χ4v) is 4.06. The largest absolute Gasteiger partial charge is 0.484 e. The van der Waals surface area contributed by atoms with Crippen molar-refractivity contribution in [3.05, 3.63) is 101 Å². The Labute approximate surface area is 221 Å². The van der Waals surface area contributed by atoms with E-state index in [9.17, 15) is 9.59 Å². The molecule has 0 aromatic heterocycles. The third kappa shape index (κ3) is 8.49. The number of carbonyl (C=O) groups is 2. The highest BCUT2D eigenvalue weighted by Gasteiger charge is 2.31. The number of amides is 2. The van der Waals surface area contributed by atoms with Crippen molar-refractivity contribution in [2.24, 2.45) is 0 Å². The Hall–Kier alpha value is -3.60. The molecule has 2 unspecified atom stereocenters. The van der Waals surface area contributed by atoms with E-state index in [-0.39, 0.29) is 24.5 Å². The fraction of sp³-hybridized carbons (Fsp3) is 0.375. The van der Waals surface area contributed by atoms with Gasteiger partial charge in [0.1, 0.15) is 11.8 Å². The summed E-state index contributed by atoms with van der Waals surface area (Å²) in [5, 5.41) is 3.10. The number of aryl methyl sites for hydroxylation is 1. The summed E-state index contributed by atoms with van der Waals surface area (Å²) in [5.41, 5.74) is 4.32. The molecule has 5 nitrogen and oxygen atoms in total. The molecular formula is C32H40N2O3. The lowest BCUT2D eigenvalue weighted by molar-refractivity contribution is -0.143. The third-order valence-electron chi connectivity index (χ3n) is 6.65. The molecule has 1 N–H and O–H groups in total. The minimum atomic E-state index is -0.669. The zero-order chi connectivity index (χ0) is 26.8. The Bertz CT molecular complexity index is 1120. The van der Waals surface area contributed by atoms with Crippen molar-refractivity contribution >= 4 is 11.8 Å². The lowest BCUT2D eigenvalue weighted by atomic mass is 10.0. The number of hydrogen-bond donors (Lipinski definition) is 1. The zero-order valence-corrected chi connectivity index (χ0v) is 22.7. The van der Waals surface area contributed by atoms with E-state index in [2.05, 4.69) is 19.2 Å². The number of ether oxygens (including phenoxy) is 1. The van der Waals surface area contributed by atoms with E-state index in [0.29, 0.717) is 24.6 Å². The maximum absolute atomic E-state index is 13.7. The van der Waals surface area contributed by atoms with E-state index in [4.69, 9.17) is 4.74 Å². The quantitative estimate of drug-likeness (QED) is 0.329. The second-order valence-corrected chi connectivity index (χ2v) is 10.0. The minimum absolute atomic E-state index is 0.0119. The highest BCUT2D eigenvalue weighted by atomic mass is 16.5. The summed E-state index contributed by atoms with van der Waals surface area (Å²) in [5.74, 6) is 0.675. The van der Waals surface area contributed by atoms with Crippen LogP contribution in [0.1, 0.15) is 62.3 Å². The van der Waals surface area contributed by atoms with Crippen molar-refractivity contribution in [2.45, 2.75) is 72.0 Å². The summed E-state index contributed by atoms with van der Waals surface area (Å²) in [6, 6.07) is 25.1. The van der Waals surface area contributed by atoms with Crippen LogP contribution in [0.15, 0.2) is 78.9 Å². The average Bonchev–Trinajstić information content (AvgIpc) is 2.91. The number of nitrogens with zero attached hydrogens (tertiary/aromatic N) is 1. The van der Waals surface area contributed by atoms with Crippen LogP contribution in [-0.4, -0.2) is 35.4 Å². The van der Waals surface area contributed by atoms with E-state index in [1.807, 2.05) is 99.6 Å². The first-order valence-corrected chi connectivity index (χ1v) is 13.2. The molecule has 0 saturated heterocycles. The topological polar surface area (TPSA) is 58.6 Å². The Kier molecular flexibility index (Phi) is 10.3. The summed E-state index contributed by atoms with van der Waals surface area (Å²) >= 11 is 0. The maximum atomic E-state index is 13.7. The minimum Gasteiger partial charge on any atom is -0.484 e. The molecule has 0 aliphatic carbocycles. The zero-order valence-electron chi connectivity index (χ0n) is 22.7. The smallest absolute Gasteiger partial charge is 0.261 e. The van der Waals surface area contributed by atoms with Crippen LogP contribution in [0, 0.1) is 6.92 Å². The van der Waals surface area contributed by atoms with Crippen molar-refractivity contribution in [1.82, 2.24) is 10.2 Å². The molecule has 0 spiro atoms. The highest BCUT2D eigenvalue weighted by Crippen LogP contribution is 2.20. The first-order chi connectivity index (χ1) is 17.8. The van der Waals surface area contributed by atoms with Crippen LogP contribution in [0.3, 0.4) is 0 Å². The molecular weight excluding hydrogens is 460 g/mol. The molecule has 2 amide bonds. The monoisotopic (exact) mass is 500 g/mol. The van der Waals surface area contributed by atoms with Gasteiger partial charge < -0.3 is 15.0 Å². The molecule has 0 heterocycles. The number of nitrogens with one attached hydrogen (secondary N) is 1. The number of benzene rings is 3. The lowest BCUT2D eigenvalue weighted by Gasteiger charge is -2.32. The van der Waals surface area contributed by atoms with Crippen LogP contribution in [0.25, 0.3) is 0 Å². The normalized spacial score (nSPS) is 12.6. The molecule has 3 aromatic carbocycles. The number of rotatable bonds is 12. The van der Waals surface area contributed by atoms with Crippen LogP contribution < -0.4 is 10.1 Å². The summed E-state index contributed by atoms with van der Waals surface area (Å²) in [6.45, 7) is 10.5. The van der Waals surface area contributed by atoms with Crippen molar-refractivity contribution in [3.8, 4) is 5.75 Å². The molecule has 2 atom stereocenters. The van der Waals surface area contributed by atoms with Gasteiger partial charge in [-0.15, -0.1) is 0 Å². The molecule has 0 aliphatic rings. The van der Waals surface area contributed by atoms with Gasteiger partial charge in [0.15, 0.2) is 6.61 Å². The molecule has 0 aliphatic heterocycles. The van der Waals surface area contributed by atoms with Gasteiger partial charge in [0, 0.05) is 19.0 Å². The van der Waals surface area contributed by atoms with E-state index in [0.717, 1.165) is 23.1 Å². The van der Waals surface area contributed by atoms with Gasteiger partial charge in [-0.25, -0.2) is 0 Å². The van der Waals surface area contributed by atoms with Crippen LogP contribution >= 0.6 is 0 Å². The number of carbonyl (C=O) groups excluding carboxylic acids is 2. The molecule has 0 radical (unpaired) electrons. The molecule has 0 bridgehead atoms. The Morgan fingerprint density at radius 3 is 2.11 bits per heavy atom. The molecule has 3 aromatic rings. The van der Waals surface area contributed by atoms with Gasteiger partial charge in [0.05, 0.1) is 0 Å².